The van der Waals surface area contributed by atoms with Crippen LogP contribution in [0.1, 0.15) is 0 Å². The Bertz CT molecular complexity index is 1180. The van der Waals surface area contributed by atoms with E-state index in [0.29, 0.717) is 29.9 Å². The number of piperazine rings is 1. The Hall–Kier alpha value is -3.39. The molecule has 0 bridgehead atoms. The third kappa shape index (κ3) is 3.21. The van der Waals surface area contributed by atoms with E-state index in [1.54, 1.807) is 18.5 Å². The lowest BCUT2D eigenvalue weighted by Crippen LogP contribution is -2.47. The van der Waals surface area contributed by atoms with Crippen LogP contribution in [0.25, 0.3) is 17.1 Å². The largest absolute Gasteiger partial charge is 0.422 e. The summed E-state index contributed by atoms with van der Waals surface area (Å²) >= 11 is 6.42. The van der Waals surface area contributed by atoms with E-state index in [2.05, 4.69) is 24.9 Å². The first-order valence-electron chi connectivity index (χ1n) is 9.25. The second-order valence-corrected chi connectivity index (χ2v) is 7.06. The second kappa shape index (κ2) is 7.21. The second-order valence-electron chi connectivity index (χ2n) is 6.69. The fourth-order valence-electron chi connectivity index (χ4n) is 3.45. The molecule has 1 aromatic carbocycles. The molecule has 0 spiro atoms. The van der Waals surface area contributed by atoms with Gasteiger partial charge in [0, 0.05) is 32.4 Å². The predicted octanol–water partition coefficient (Wildman–Crippen LogP) is 2.75. The van der Waals surface area contributed by atoms with Gasteiger partial charge in [-0.2, -0.15) is 10.1 Å². The zero-order chi connectivity index (χ0) is 19.8. The number of nitrogens with zero attached hydrogens (tertiary/aromatic N) is 6. The van der Waals surface area contributed by atoms with Crippen molar-refractivity contribution in [2.24, 2.45) is 0 Å². The molecule has 5 rings (SSSR count). The van der Waals surface area contributed by atoms with Gasteiger partial charge in [-0.15, -0.1) is 4.68 Å². The topological polar surface area (TPSA) is 80.3 Å². The number of para-hydroxylation sites is 2. The summed E-state index contributed by atoms with van der Waals surface area (Å²) in [7, 11) is 0. The minimum atomic E-state index is -0.456. The fraction of sp³-hybridized carbons (Fsp3) is 0.200. The summed E-state index contributed by atoms with van der Waals surface area (Å²) in [5, 5.41) is 4.36. The van der Waals surface area contributed by atoms with Crippen molar-refractivity contribution in [1.82, 2.24) is 19.7 Å². The summed E-state index contributed by atoms with van der Waals surface area (Å²) in [5.41, 5.74) is 1.40. The van der Waals surface area contributed by atoms with Gasteiger partial charge in [-0.05, 0) is 24.3 Å². The highest BCUT2D eigenvalue weighted by Gasteiger charge is 2.23. The van der Waals surface area contributed by atoms with Crippen LogP contribution < -0.4 is 15.4 Å². The zero-order valence-electron chi connectivity index (χ0n) is 15.4. The number of fused-ring (bicyclic) bond motifs is 1. The molecular formula is C20H17ClN6O2. The quantitative estimate of drug-likeness (QED) is 0.515. The first-order valence-corrected chi connectivity index (χ1v) is 9.63. The molecule has 0 aliphatic carbocycles. The monoisotopic (exact) mass is 408 g/mol. The van der Waals surface area contributed by atoms with Crippen molar-refractivity contribution in [1.29, 1.82) is 0 Å². The number of anilines is 2. The number of pyridine rings is 1. The molecule has 1 aliphatic heterocycles. The molecule has 0 unspecified atom stereocenters. The van der Waals surface area contributed by atoms with E-state index in [0.717, 1.165) is 23.6 Å². The molecule has 3 aromatic heterocycles. The third-order valence-corrected chi connectivity index (χ3v) is 5.31. The van der Waals surface area contributed by atoms with Crippen molar-refractivity contribution in [2.45, 2.75) is 0 Å². The number of aromatic nitrogens is 4. The molecule has 29 heavy (non-hydrogen) atoms. The number of rotatable bonds is 3. The van der Waals surface area contributed by atoms with Gasteiger partial charge in [0.15, 0.2) is 5.58 Å². The Labute approximate surface area is 171 Å². The molecule has 1 aliphatic rings. The standard InChI is InChI=1S/C20H17ClN6O2/c21-18-15(25-9-11-26(12-10-25)17-7-3-4-8-22-17)13-23-27(19(18)28)20-24-14-5-1-2-6-16(14)29-20/h1-8,13H,9-12H2. The van der Waals surface area contributed by atoms with Crippen LogP contribution in [-0.2, 0) is 0 Å². The summed E-state index contributed by atoms with van der Waals surface area (Å²) in [5.74, 6) is 0.947. The number of benzene rings is 1. The highest BCUT2D eigenvalue weighted by atomic mass is 35.5. The maximum atomic E-state index is 12.8. The van der Waals surface area contributed by atoms with E-state index in [1.807, 2.05) is 36.4 Å². The van der Waals surface area contributed by atoms with E-state index < -0.39 is 5.56 Å². The molecule has 4 aromatic rings. The molecule has 1 saturated heterocycles. The molecule has 0 N–H and O–H groups in total. The molecule has 9 heteroatoms. The van der Waals surface area contributed by atoms with Crippen molar-refractivity contribution >= 4 is 34.2 Å². The SMILES string of the molecule is O=c1c(Cl)c(N2CCN(c3ccccn3)CC2)cnn1-c1nc2ccccc2o1. The molecule has 0 atom stereocenters. The van der Waals surface area contributed by atoms with Gasteiger partial charge in [0.1, 0.15) is 16.4 Å². The van der Waals surface area contributed by atoms with Gasteiger partial charge in [0.25, 0.3) is 5.56 Å². The molecule has 0 saturated carbocycles. The van der Waals surface area contributed by atoms with Crippen molar-refractivity contribution < 1.29 is 4.42 Å². The van der Waals surface area contributed by atoms with Gasteiger partial charge in [-0.3, -0.25) is 4.79 Å². The first-order chi connectivity index (χ1) is 14.2. The van der Waals surface area contributed by atoms with Crippen LogP contribution in [0.15, 0.2) is 64.1 Å². The smallest absolute Gasteiger partial charge is 0.327 e. The lowest BCUT2D eigenvalue weighted by molar-refractivity contribution is 0.530. The summed E-state index contributed by atoms with van der Waals surface area (Å²) in [4.78, 5) is 25.8. The number of oxazole rings is 1. The van der Waals surface area contributed by atoms with E-state index >= 15 is 0 Å². The predicted molar refractivity (Wildman–Crippen MR) is 111 cm³/mol. The maximum absolute atomic E-state index is 12.8. The average Bonchev–Trinajstić information content (AvgIpc) is 3.20. The van der Waals surface area contributed by atoms with Gasteiger partial charge < -0.3 is 14.2 Å². The van der Waals surface area contributed by atoms with Gasteiger partial charge >= 0.3 is 6.01 Å². The van der Waals surface area contributed by atoms with E-state index in [4.69, 9.17) is 16.0 Å². The average molecular weight is 409 g/mol. The minimum absolute atomic E-state index is 0.102. The van der Waals surface area contributed by atoms with Gasteiger partial charge in [0.2, 0.25) is 0 Å². The summed E-state index contributed by atoms with van der Waals surface area (Å²) in [6.07, 6.45) is 3.38. The summed E-state index contributed by atoms with van der Waals surface area (Å²) < 4.78 is 6.74. The van der Waals surface area contributed by atoms with Gasteiger partial charge in [0.05, 0.1) is 11.9 Å². The molecule has 0 radical (unpaired) electrons. The van der Waals surface area contributed by atoms with Crippen molar-refractivity contribution in [3.8, 4) is 6.01 Å². The van der Waals surface area contributed by atoms with E-state index in [1.165, 1.54) is 0 Å². The summed E-state index contributed by atoms with van der Waals surface area (Å²) in [6, 6.07) is 13.3. The Balaban J connectivity index is 1.40. The van der Waals surface area contributed by atoms with Crippen LogP contribution in [0.5, 0.6) is 0 Å². The van der Waals surface area contributed by atoms with Crippen LogP contribution in [0.3, 0.4) is 0 Å². The third-order valence-electron chi connectivity index (χ3n) is 4.96. The number of halogens is 1. The molecule has 1 fully saturated rings. The van der Waals surface area contributed by atoms with Gasteiger partial charge in [-0.1, -0.05) is 29.8 Å². The first kappa shape index (κ1) is 17.7. The van der Waals surface area contributed by atoms with Crippen molar-refractivity contribution in [2.75, 3.05) is 36.0 Å². The normalized spacial score (nSPS) is 14.5. The van der Waals surface area contributed by atoms with Crippen molar-refractivity contribution in [3.05, 3.63) is 70.2 Å². The highest BCUT2D eigenvalue weighted by Crippen LogP contribution is 2.24. The Kier molecular flexibility index (Phi) is 4.40. The molecule has 8 nitrogen and oxygen atoms in total. The zero-order valence-corrected chi connectivity index (χ0v) is 16.2. The van der Waals surface area contributed by atoms with Crippen LogP contribution in [0, 0.1) is 0 Å². The van der Waals surface area contributed by atoms with Crippen LogP contribution in [0.2, 0.25) is 5.02 Å². The highest BCUT2D eigenvalue weighted by molar-refractivity contribution is 6.33. The fourth-order valence-corrected chi connectivity index (χ4v) is 3.70. The minimum Gasteiger partial charge on any atom is -0.422 e. The van der Waals surface area contributed by atoms with Crippen LogP contribution in [-0.4, -0.2) is 45.9 Å². The Morgan fingerprint density at radius 2 is 1.72 bits per heavy atom. The molecular weight excluding hydrogens is 392 g/mol. The maximum Gasteiger partial charge on any atom is 0.327 e. The number of hydrogen-bond acceptors (Lipinski definition) is 7. The molecule has 4 heterocycles. The lowest BCUT2D eigenvalue weighted by atomic mass is 10.2. The Morgan fingerprint density at radius 1 is 0.966 bits per heavy atom. The van der Waals surface area contributed by atoms with Crippen LogP contribution >= 0.6 is 11.6 Å². The Morgan fingerprint density at radius 3 is 2.48 bits per heavy atom. The van der Waals surface area contributed by atoms with E-state index in [9.17, 15) is 4.79 Å². The van der Waals surface area contributed by atoms with Crippen molar-refractivity contribution in [3.63, 3.8) is 0 Å². The van der Waals surface area contributed by atoms with Gasteiger partial charge in [-0.25, -0.2) is 4.98 Å². The number of hydrogen-bond donors (Lipinski definition) is 0. The lowest BCUT2D eigenvalue weighted by Gasteiger charge is -2.36. The van der Waals surface area contributed by atoms with E-state index in [-0.39, 0.29) is 11.0 Å². The molecule has 146 valence electrons. The molecule has 0 amide bonds. The summed E-state index contributed by atoms with van der Waals surface area (Å²) in [6.45, 7) is 2.98. The van der Waals surface area contributed by atoms with Crippen LogP contribution in [0.4, 0.5) is 11.5 Å².